The van der Waals surface area contributed by atoms with E-state index in [0.29, 0.717) is 17.9 Å². The van der Waals surface area contributed by atoms with Gasteiger partial charge in [-0.05, 0) is 54.8 Å². The van der Waals surface area contributed by atoms with Gasteiger partial charge in [0.05, 0.1) is 5.69 Å². The van der Waals surface area contributed by atoms with Crippen LogP contribution in [-0.2, 0) is 0 Å². The van der Waals surface area contributed by atoms with E-state index in [4.69, 9.17) is 4.98 Å². The number of carbonyl (C=O) groups is 1. The molecule has 7 heteroatoms. The molecule has 4 aromatic heterocycles. The van der Waals surface area contributed by atoms with Gasteiger partial charge in [-0.2, -0.15) is 0 Å². The summed E-state index contributed by atoms with van der Waals surface area (Å²) >= 11 is 0. The van der Waals surface area contributed by atoms with Crippen LogP contribution in [0, 0.1) is 0 Å². The Hall–Kier alpha value is -4.00. The maximum atomic E-state index is 13.1. The van der Waals surface area contributed by atoms with Gasteiger partial charge in [-0.1, -0.05) is 6.07 Å². The molecule has 1 aliphatic rings. The number of amides is 1. The molecule has 32 heavy (non-hydrogen) atoms. The highest BCUT2D eigenvalue weighted by Gasteiger charge is 2.29. The average molecular weight is 422 g/mol. The van der Waals surface area contributed by atoms with E-state index in [1.807, 2.05) is 41.4 Å². The van der Waals surface area contributed by atoms with E-state index in [2.05, 4.69) is 19.9 Å². The van der Waals surface area contributed by atoms with Crippen molar-refractivity contribution in [3.8, 4) is 22.6 Å². The molecular formula is C25H22N6O. The Bertz CT molecular complexity index is 1200. The van der Waals surface area contributed by atoms with Crippen LogP contribution < -0.4 is 0 Å². The second-order valence-electron chi connectivity index (χ2n) is 7.77. The van der Waals surface area contributed by atoms with Crippen molar-refractivity contribution in [3.05, 3.63) is 90.9 Å². The van der Waals surface area contributed by atoms with Crippen molar-refractivity contribution >= 4 is 5.91 Å². The fourth-order valence-electron chi connectivity index (χ4n) is 4.14. The molecule has 0 aromatic carbocycles. The predicted octanol–water partition coefficient (Wildman–Crippen LogP) is 4.02. The first kappa shape index (κ1) is 19.9. The van der Waals surface area contributed by atoms with E-state index in [-0.39, 0.29) is 11.8 Å². The number of piperidine rings is 1. The third-order valence-electron chi connectivity index (χ3n) is 5.73. The fraction of sp³-hybridized carbons (Fsp3) is 0.200. The van der Waals surface area contributed by atoms with Crippen molar-refractivity contribution in [2.24, 2.45) is 0 Å². The molecule has 1 amide bonds. The van der Waals surface area contributed by atoms with Crippen LogP contribution in [0.1, 0.15) is 34.8 Å². The molecule has 5 heterocycles. The second kappa shape index (κ2) is 9.01. The number of nitrogens with zero attached hydrogens (tertiary/aromatic N) is 6. The molecule has 0 aliphatic carbocycles. The normalized spacial score (nSPS) is 16.0. The summed E-state index contributed by atoms with van der Waals surface area (Å²) in [5.41, 5.74) is 4.32. The monoisotopic (exact) mass is 422 g/mol. The van der Waals surface area contributed by atoms with Crippen molar-refractivity contribution < 1.29 is 4.79 Å². The highest BCUT2D eigenvalue weighted by Crippen LogP contribution is 2.34. The number of carbonyl (C=O) groups excluding carboxylic acids is 1. The van der Waals surface area contributed by atoms with Crippen molar-refractivity contribution in [2.75, 3.05) is 13.1 Å². The Kier molecular flexibility index (Phi) is 5.61. The van der Waals surface area contributed by atoms with Crippen LogP contribution >= 0.6 is 0 Å². The summed E-state index contributed by atoms with van der Waals surface area (Å²) in [6, 6.07) is 13.2. The van der Waals surface area contributed by atoms with Crippen molar-refractivity contribution in [1.82, 2.24) is 29.8 Å². The van der Waals surface area contributed by atoms with E-state index in [9.17, 15) is 4.79 Å². The summed E-state index contributed by atoms with van der Waals surface area (Å²) in [7, 11) is 0. The summed E-state index contributed by atoms with van der Waals surface area (Å²) in [5.74, 6) is 0.723. The van der Waals surface area contributed by atoms with Crippen LogP contribution in [0.2, 0.25) is 0 Å². The van der Waals surface area contributed by atoms with Crippen molar-refractivity contribution in [3.63, 3.8) is 0 Å². The third kappa shape index (κ3) is 4.09. The molecule has 4 aromatic rings. The molecular weight excluding hydrogens is 400 g/mol. The van der Waals surface area contributed by atoms with E-state index in [1.54, 1.807) is 43.1 Å². The Balaban J connectivity index is 1.52. The standard InChI is InChI=1S/C25H22N6O/c32-25(19-8-13-27-14-9-19)31-15-3-4-20(17-31)23-21(18-6-11-26-12-7-18)16-29-24(30-23)22-5-1-2-10-28-22/h1-2,5-14,16,20H,3-4,15,17H2/t20-/m1/s1. The zero-order chi connectivity index (χ0) is 21.8. The van der Waals surface area contributed by atoms with Gasteiger partial charge in [-0.15, -0.1) is 0 Å². The molecule has 0 saturated carbocycles. The minimum absolute atomic E-state index is 0.0292. The Labute approximate surface area is 186 Å². The number of aromatic nitrogens is 5. The number of likely N-dealkylation sites (tertiary alicyclic amines) is 1. The molecule has 1 aliphatic heterocycles. The van der Waals surface area contributed by atoms with E-state index in [0.717, 1.165) is 41.9 Å². The summed E-state index contributed by atoms with van der Waals surface area (Å²) < 4.78 is 0. The molecule has 1 fully saturated rings. The summed E-state index contributed by atoms with van der Waals surface area (Å²) in [6.45, 7) is 1.35. The van der Waals surface area contributed by atoms with Gasteiger partial charge in [0.1, 0.15) is 5.69 Å². The third-order valence-corrected chi connectivity index (χ3v) is 5.73. The van der Waals surface area contributed by atoms with Gasteiger partial charge in [-0.25, -0.2) is 9.97 Å². The van der Waals surface area contributed by atoms with Gasteiger partial charge < -0.3 is 4.90 Å². The first-order chi connectivity index (χ1) is 15.8. The lowest BCUT2D eigenvalue weighted by Crippen LogP contribution is -2.39. The lowest BCUT2D eigenvalue weighted by Gasteiger charge is -2.33. The van der Waals surface area contributed by atoms with Gasteiger partial charge in [0, 0.05) is 67.3 Å². The maximum absolute atomic E-state index is 13.1. The SMILES string of the molecule is O=C(c1ccncc1)N1CCC[C@@H](c2nc(-c3ccccn3)ncc2-c2ccncc2)C1. The zero-order valence-electron chi connectivity index (χ0n) is 17.5. The topological polar surface area (TPSA) is 84.8 Å². The molecule has 7 nitrogen and oxygen atoms in total. The minimum Gasteiger partial charge on any atom is -0.338 e. The molecule has 1 saturated heterocycles. The van der Waals surface area contributed by atoms with Gasteiger partial charge in [0.2, 0.25) is 0 Å². The number of hydrogen-bond acceptors (Lipinski definition) is 6. The summed E-state index contributed by atoms with van der Waals surface area (Å²) in [5, 5.41) is 0. The van der Waals surface area contributed by atoms with Crippen LogP contribution in [0.3, 0.4) is 0 Å². The van der Waals surface area contributed by atoms with Crippen LogP contribution in [0.15, 0.2) is 79.6 Å². The molecule has 0 radical (unpaired) electrons. The van der Waals surface area contributed by atoms with Crippen LogP contribution in [0.25, 0.3) is 22.6 Å². The van der Waals surface area contributed by atoms with Crippen LogP contribution in [0.4, 0.5) is 0 Å². The van der Waals surface area contributed by atoms with Gasteiger partial charge in [0.15, 0.2) is 5.82 Å². The number of pyridine rings is 3. The fourth-order valence-corrected chi connectivity index (χ4v) is 4.14. The smallest absolute Gasteiger partial charge is 0.253 e. The Morgan fingerprint density at radius 1 is 0.906 bits per heavy atom. The summed E-state index contributed by atoms with van der Waals surface area (Å²) in [6.07, 6.45) is 12.3. The largest absolute Gasteiger partial charge is 0.338 e. The molecule has 1 atom stereocenters. The van der Waals surface area contributed by atoms with Crippen LogP contribution in [-0.4, -0.2) is 48.8 Å². The van der Waals surface area contributed by atoms with E-state index >= 15 is 0 Å². The van der Waals surface area contributed by atoms with Gasteiger partial charge in [-0.3, -0.25) is 19.7 Å². The first-order valence-corrected chi connectivity index (χ1v) is 10.7. The molecule has 158 valence electrons. The summed E-state index contributed by atoms with van der Waals surface area (Å²) in [4.78, 5) is 37.1. The predicted molar refractivity (Wildman–Crippen MR) is 121 cm³/mol. The molecule has 0 spiro atoms. The van der Waals surface area contributed by atoms with Gasteiger partial charge >= 0.3 is 0 Å². The number of rotatable bonds is 4. The maximum Gasteiger partial charge on any atom is 0.253 e. The number of hydrogen-bond donors (Lipinski definition) is 0. The molecule has 0 unspecified atom stereocenters. The lowest BCUT2D eigenvalue weighted by atomic mass is 9.89. The minimum atomic E-state index is 0.0292. The molecule has 0 N–H and O–H groups in total. The Morgan fingerprint density at radius 3 is 2.44 bits per heavy atom. The van der Waals surface area contributed by atoms with Crippen LogP contribution in [0.5, 0.6) is 0 Å². The lowest BCUT2D eigenvalue weighted by molar-refractivity contribution is 0.0706. The van der Waals surface area contributed by atoms with Gasteiger partial charge in [0.25, 0.3) is 5.91 Å². The van der Waals surface area contributed by atoms with E-state index < -0.39 is 0 Å². The molecule has 0 bridgehead atoms. The average Bonchev–Trinajstić information content (AvgIpc) is 2.89. The van der Waals surface area contributed by atoms with Crippen molar-refractivity contribution in [2.45, 2.75) is 18.8 Å². The van der Waals surface area contributed by atoms with Crippen molar-refractivity contribution in [1.29, 1.82) is 0 Å². The quantitative estimate of drug-likeness (QED) is 0.494. The van der Waals surface area contributed by atoms with E-state index in [1.165, 1.54) is 0 Å². The zero-order valence-corrected chi connectivity index (χ0v) is 17.5. The highest BCUT2D eigenvalue weighted by atomic mass is 16.2. The first-order valence-electron chi connectivity index (χ1n) is 10.7. The highest BCUT2D eigenvalue weighted by molar-refractivity contribution is 5.94. The molecule has 5 rings (SSSR count). The second-order valence-corrected chi connectivity index (χ2v) is 7.77. The Morgan fingerprint density at radius 2 is 1.69 bits per heavy atom.